The second-order valence-corrected chi connectivity index (χ2v) is 5.94. The third-order valence-electron chi connectivity index (χ3n) is 3.72. The number of aldehydes is 1. The van der Waals surface area contributed by atoms with Crippen molar-refractivity contribution in [2.24, 2.45) is 5.92 Å². The third-order valence-corrected chi connectivity index (χ3v) is 3.72. The summed E-state index contributed by atoms with van der Waals surface area (Å²) in [5.74, 6) is 1.04. The van der Waals surface area contributed by atoms with Crippen LogP contribution in [0, 0.1) is 17.2 Å². The number of hydrogen-bond acceptors (Lipinski definition) is 6. The Labute approximate surface area is 145 Å². The molecule has 7 nitrogen and oxygen atoms in total. The van der Waals surface area contributed by atoms with Gasteiger partial charge >= 0.3 is 6.09 Å². The number of morpholine rings is 1. The van der Waals surface area contributed by atoms with Crippen molar-refractivity contribution in [3.63, 3.8) is 0 Å². The van der Waals surface area contributed by atoms with Gasteiger partial charge in [0.25, 0.3) is 0 Å². The van der Waals surface area contributed by atoms with Gasteiger partial charge in [-0.05, 0) is 13.0 Å². The summed E-state index contributed by atoms with van der Waals surface area (Å²) in [6, 6.07) is 1.67. The Kier molecular flexibility index (Phi) is 15.1. The van der Waals surface area contributed by atoms with E-state index in [2.05, 4.69) is 28.9 Å². The molecule has 0 spiro atoms. The molecule has 0 radical (unpaired) electrons. The highest BCUT2D eigenvalue weighted by molar-refractivity contribution is 5.69. The van der Waals surface area contributed by atoms with E-state index < -0.39 is 6.09 Å². The van der Waals surface area contributed by atoms with E-state index in [1.807, 2.05) is 0 Å². The summed E-state index contributed by atoms with van der Waals surface area (Å²) in [4.78, 5) is 22.2. The third kappa shape index (κ3) is 15.3. The Morgan fingerprint density at radius 1 is 1.33 bits per heavy atom. The SMILES string of the molecule is CC1CCCCC1.CN1CCOCC1.N#CCNC(=O)OCC=O. The molecule has 1 heterocycles. The van der Waals surface area contributed by atoms with Crippen molar-refractivity contribution in [1.82, 2.24) is 10.2 Å². The summed E-state index contributed by atoms with van der Waals surface area (Å²) in [6.45, 7) is 5.99. The molecule has 7 heteroatoms. The summed E-state index contributed by atoms with van der Waals surface area (Å²) < 4.78 is 9.32. The monoisotopic (exact) mass is 341 g/mol. The Balaban J connectivity index is 0.000000337. The summed E-state index contributed by atoms with van der Waals surface area (Å²) in [5.41, 5.74) is 0. The number of nitrogens with zero attached hydrogens (tertiary/aromatic N) is 2. The summed E-state index contributed by atoms with van der Waals surface area (Å²) >= 11 is 0. The highest BCUT2D eigenvalue weighted by Gasteiger charge is 2.06. The first-order valence-corrected chi connectivity index (χ1v) is 8.57. The average molecular weight is 341 g/mol. The number of nitrogens with one attached hydrogen (secondary N) is 1. The fraction of sp³-hybridized carbons (Fsp3) is 0.824. The van der Waals surface area contributed by atoms with E-state index >= 15 is 0 Å². The average Bonchev–Trinajstić information content (AvgIpc) is 2.60. The maximum absolute atomic E-state index is 10.3. The molecular weight excluding hydrogens is 310 g/mol. The van der Waals surface area contributed by atoms with E-state index in [4.69, 9.17) is 10.00 Å². The Morgan fingerprint density at radius 3 is 2.33 bits per heavy atom. The van der Waals surface area contributed by atoms with Crippen LogP contribution in [-0.2, 0) is 14.3 Å². The van der Waals surface area contributed by atoms with Crippen molar-refractivity contribution in [3.8, 4) is 6.07 Å². The minimum absolute atomic E-state index is 0.113. The van der Waals surface area contributed by atoms with Gasteiger partial charge in [0, 0.05) is 13.1 Å². The lowest BCUT2D eigenvalue weighted by molar-refractivity contribution is -0.110. The van der Waals surface area contributed by atoms with Gasteiger partial charge in [-0.1, -0.05) is 39.0 Å². The van der Waals surface area contributed by atoms with Gasteiger partial charge in [-0.15, -0.1) is 0 Å². The van der Waals surface area contributed by atoms with Crippen molar-refractivity contribution in [1.29, 1.82) is 5.26 Å². The standard InChI is InChI=1S/C7H14.C5H6N2O3.C5H11NO/c1-7-5-3-2-4-6-7;6-1-2-7-5(9)10-4-3-8;1-6-2-4-7-5-3-6/h7H,2-6H2,1H3;3H,2,4H2,(H,7,9);2-5H2,1H3. The maximum Gasteiger partial charge on any atom is 0.408 e. The number of nitriles is 1. The predicted molar refractivity (Wildman–Crippen MR) is 91.6 cm³/mol. The molecule has 0 aromatic carbocycles. The zero-order valence-electron chi connectivity index (χ0n) is 15.0. The second kappa shape index (κ2) is 16.2. The Morgan fingerprint density at radius 2 is 1.96 bits per heavy atom. The van der Waals surface area contributed by atoms with Crippen LogP contribution in [0.5, 0.6) is 0 Å². The van der Waals surface area contributed by atoms with Crippen molar-refractivity contribution in [3.05, 3.63) is 0 Å². The fourth-order valence-corrected chi connectivity index (χ4v) is 2.23. The van der Waals surface area contributed by atoms with Crippen LogP contribution in [0.1, 0.15) is 39.0 Å². The van der Waals surface area contributed by atoms with Crippen LogP contribution in [0.4, 0.5) is 4.79 Å². The fourth-order valence-electron chi connectivity index (χ4n) is 2.23. The first kappa shape index (κ1) is 22.4. The van der Waals surface area contributed by atoms with Crippen LogP contribution >= 0.6 is 0 Å². The van der Waals surface area contributed by atoms with Gasteiger partial charge in [0.2, 0.25) is 0 Å². The molecule has 0 aromatic heterocycles. The van der Waals surface area contributed by atoms with Crippen LogP contribution in [-0.4, -0.2) is 63.8 Å². The van der Waals surface area contributed by atoms with Gasteiger partial charge in [0.1, 0.15) is 13.2 Å². The van der Waals surface area contributed by atoms with Crippen molar-refractivity contribution >= 4 is 12.4 Å². The number of ether oxygens (including phenoxy) is 2. The van der Waals surface area contributed by atoms with Crippen LogP contribution in [0.15, 0.2) is 0 Å². The Hall–Kier alpha value is -1.65. The van der Waals surface area contributed by atoms with Crippen molar-refractivity contribution in [2.45, 2.75) is 39.0 Å². The number of carbonyl (C=O) groups excluding carboxylic acids is 2. The Bertz CT molecular complexity index is 343. The van der Waals surface area contributed by atoms with Gasteiger partial charge in [0.05, 0.1) is 19.3 Å². The molecule has 2 fully saturated rings. The number of rotatable bonds is 3. The lowest BCUT2D eigenvalue weighted by Gasteiger charge is -2.21. The second-order valence-electron chi connectivity index (χ2n) is 5.94. The highest BCUT2D eigenvalue weighted by Crippen LogP contribution is 2.22. The van der Waals surface area contributed by atoms with E-state index in [1.54, 1.807) is 6.07 Å². The molecule has 2 aliphatic rings. The van der Waals surface area contributed by atoms with E-state index in [1.165, 1.54) is 32.1 Å². The van der Waals surface area contributed by atoms with E-state index in [0.717, 1.165) is 32.2 Å². The molecule has 24 heavy (non-hydrogen) atoms. The topological polar surface area (TPSA) is 91.7 Å². The van der Waals surface area contributed by atoms with E-state index in [0.29, 0.717) is 6.29 Å². The van der Waals surface area contributed by atoms with Crippen molar-refractivity contribution < 1.29 is 19.1 Å². The quantitative estimate of drug-likeness (QED) is 0.623. The van der Waals surface area contributed by atoms with Crippen LogP contribution < -0.4 is 5.32 Å². The van der Waals surface area contributed by atoms with Gasteiger partial charge in [0.15, 0.2) is 6.29 Å². The number of amides is 1. The smallest absolute Gasteiger partial charge is 0.408 e. The minimum atomic E-state index is -0.756. The molecule has 1 saturated heterocycles. The van der Waals surface area contributed by atoms with Crippen molar-refractivity contribution in [2.75, 3.05) is 46.5 Å². The van der Waals surface area contributed by atoms with Crippen LogP contribution in [0.25, 0.3) is 0 Å². The molecule has 0 unspecified atom stereocenters. The van der Waals surface area contributed by atoms with Gasteiger partial charge in [-0.2, -0.15) is 5.26 Å². The van der Waals surface area contributed by atoms with Gasteiger partial charge in [-0.25, -0.2) is 4.79 Å². The highest BCUT2D eigenvalue weighted by atomic mass is 16.5. The van der Waals surface area contributed by atoms with Crippen LogP contribution in [0.2, 0.25) is 0 Å². The molecular formula is C17H31N3O4. The zero-order chi connectivity index (χ0) is 18.0. The molecule has 0 bridgehead atoms. The molecule has 1 aliphatic carbocycles. The molecule has 138 valence electrons. The molecule has 1 saturated carbocycles. The zero-order valence-corrected chi connectivity index (χ0v) is 15.0. The normalized spacial score (nSPS) is 17.9. The molecule has 2 rings (SSSR count). The molecule has 0 atom stereocenters. The lowest BCUT2D eigenvalue weighted by Crippen LogP contribution is -2.32. The number of alkyl carbamates (subject to hydrolysis) is 1. The molecule has 1 amide bonds. The van der Waals surface area contributed by atoms with Crippen LogP contribution in [0.3, 0.4) is 0 Å². The predicted octanol–water partition coefficient (Wildman–Crippen LogP) is 1.97. The first-order chi connectivity index (χ1) is 11.6. The van der Waals surface area contributed by atoms with E-state index in [-0.39, 0.29) is 13.2 Å². The number of likely N-dealkylation sites (N-methyl/N-ethyl adjacent to an activating group) is 1. The summed E-state index contributed by atoms with van der Waals surface area (Å²) in [5, 5.41) is 10.0. The summed E-state index contributed by atoms with van der Waals surface area (Å²) in [6.07, 6.45) is 7.13. The molecule has 1 N–H and O–H groups in total. The maximum atomic E-state index is 10.3. The largest absolute Gasteiger partial charge is 0.442 e. The first-order valence-electron chi connectivity index (χ1n) is 8.57. The lowest BCUT2D eigenvalue weighted by atomic mass is 9.91. The van der Waals surface area contributed by atoms with Gasteiger partial charge < -0.3 is 19.7 Å². The number of carbonyl (C=O) groups is 2. The summed E-state index contributed by atoms with van der Waals surface area (Å²) in [7, 11) is 2.11. The molecule has 0 aromatic rings. The number of hydrogen-bond donors (Lipinski definition) is 1. The van der Waals surface area contributed by atoms with E-state index in [9.17, 15) is 9.59 Å². The van der Waals surface area contributed by atoms with Gasteiger partial charge in [-0.3, -0.25) is 4.79 Å². The molecule has 1 aliphatic heterocycles. The minimum Gasteiger partial charge on any atom is -0.442 e.